The van der Waals surface area contributed by atoms with E-state index < -0.39 is 0 Å². The van der Waals surface area contributed by atoms with E-state index in [1.807, 2.05) is 17.0 Å². The number of carbonyl (C=O) groups is 1. The maximum Gasteiger partial charge on any atom is 0.233 e. The Balaban J connectivity index is 2.03. The molecule has 1 aromatic rings. The van der Waals surface area contributed by atoms with Gasteiger partial charge in [-0.1, -0.05) is 0 Å². The van der Waals surface area contributed by atoms with Crippen LogP contribution in [-0.4, -0.2) is 41.8 Å². The molecule has 2 heterocycles. The van der Waals surface area contributed by atoms with Crippen molar-refractivity contribution in [2.45, 2.75) is 11.8 Å². The minimum Gasteiger partial charge on any atom is -0.385 e. The lowest BCUT2D eigenvalue weighted by atomic mass is 10.2. The van der Waals surface area contributed by atoms with Gasteiger partial charge in [-0.05, 0) is 24.1 Å². The first-order chi connectivity index (χ1) is 8.33. The molecule has 1 aromatic heterocycles. The zero-order chi connectivity index (χ0) is 12.1. The van der Waals surface area contributed by atoms with Crippen LogP contribution in [0.15, 0.2) is 24.5 Å². The second-order valence-electron chi connectivity index (χ2n) is 3.88. The van der Waals surface area contributed by atoms with Crippen molar-refractivity contribution in [1.82, 2.24) is 9.88 Å². The molecule has 0 N–H and O–H groups in total. The number of hydrogen-bond donors (Lipinski definition) is 0. The van der Waals surface area contributed by atoms with Crippen molar-refractivity contribution in [2.75, 3.05) is 26.0 Å². The maximum atomic E-state index is 11.8. The van der Waals surface area contributed by atoms with Gasteiger partial charge in [0.2, 0.25) is 5.91 Å². The molecule has 1 unspecified atom stereocenters. The Bertz CT molecular complexity index is 372. The van der Waals surface area contributed by atoms with Crippen LogP contribution in [0.4, 0.5) is 0 Å². The summed E-state index contributed by atoms with van der Waals surface area (Å²) in [5.74, 6) is 0.785. The van der Waals surface area contributed by atoms with E-state index in [4.69, 9.17) is 4.74 Å². The predicted octanol–water partition coefficient (Wildman–Crippen LogP) is 1.69. The van der Waals surface area contributed by atoms with Gasteiger partial charge in [0.25, 0.3) is 0 Å². The summed E-state index contributed by atoms with van der Waals surface area (Å²) < 4.78 is 5.02. The van der Waals surface area contributed by atoms with Crippen LogP contribution in [0, 0.1) is 0 Å². The third-order valence-corrected chi connectivity index (χ3v) is 3.96. The second-order valence-corrected chi connectivity index (χ2v) is 4.95. The average Bonchev–Trinajstić information content (AvgIpc) is 2.73. The zero-order valence-electron chi connectivity index (χ0n) is 9.83. The van der Waals surface area contributed by atoms with Gasteiger partial charge in [-0.25, -0.2) is 0 Å². The van der Waals surface area contributed by atoms with Gasteiger partial charge < -0.3 is 9.64 Å². The molecule has 4 nitrogen and oxygen atoms in total. The Morgan fingerprint density at radius 2 is 2.29 bits per heavy atom. The fourth-order valence-electron chi connectivity index (χ4n) is 1.88. The smallest absolute Gasteiger partial charge is 0.233 e. The van der Waals surface area contributed by atoms with Gasteiger partial charge in [-0.2, -0.15) is 0 Å². The zero-order valence-corrected chi connectivity index (χ0v) is 10.7. The van der Waals surface area contributed by atoms with Crippen molar-refractivity contribution in [2.24, 2.45) is 0 Å². The topological polar surface area (TPSA) is 42.4 Å². The van der Waals surface area contributed by atoms with Crippen molar-refractivity contribution in [3.8, 4) is 0 Å². The maximum absolute atomic E-state index is 11.8. The Labute approximate surface area is 105 Å². The summed E-state index contributed by atoms with van der Waals surface area (Å²) in [4.78, 5) is 17.7. The monoisotopic (exact) mass is 252 g/mol. The number of carbonyl (C=O) groups excluding carboxylic acids is 1. The minimum atomic E-state index is 0.141. The lowest BCUT2D eigenvalue weighted by Gasteiger charge is -2.23. The quantitative estimate of drug-likeness (QED) is 0.748. The number of amides is 1. The van der Waals surface area contributed by atoms with E-state index in [9.17, 15) is 4.79 Å². The Kier molecular flexibility index (Phi) is 4.39. The van der Waals surface area contributed by atoms with Crippen molar-refractivity contribution in [3.05, 3.63) is 30.1 Å². The van der Waals surface area contributed by atoms with Gasteiger partial charge in [0.05, 0.1) is 5.75 Å². The van der Waals surface area contributed by atoms with E-state index in [1.165, 1.54) is 0 Å². The third-order valence-electron chi connectivity index (χ3n) is 2.71. The molecule has 0 aromatic carbocycles. The molecule has 1 saturated heterocycles. The number of rotatable bonds is 5. The highest BCUT2D eigenvalue weighted by atomic mass is 32.2. The summed E-state index contributed by atoms with van der Waals surface area (Å²) in [6.45, 7) is 1.45. The van der Waals surface area contributed by atoms with Gasteiger partial charge in [-0.15, -0.1) is 11.8 Å². The van der Waals surface area contributed by atoms with Gasteiger partial charge in [0, 0.05) is 32.7 Å². The van der Waals surface area contributed by atoms with Crippen LogP contribution < -0.4 is 0 Å². The van der Waals surface area contributed by atoms with E-state index in [2.05, 4.69) is 4.98 Å². The highest BCUT2D eigenvalue weighted by Crippen LogP contribution is 2.38. The molecule has 0 radical (unpaired) electrons. The fraction of sp³-hybridized carbons (Fsp3) is 0.500. The lowest BCUT2D eigenvalue weighted by Crippen LogP contribution is -2.29. The molecule has 0 bridgehead atoms. The molecule has 92 valence electrons. The van der Waals surface area contributed by atoms with Gasteiger partial charge >= 0.3 is 0 Å². The summed E-state index contributed by atoms with van der Waals surface area (Å²) in [6.07, 6.45) is 4.42. The van der Waals surface area contributed by atoms with Crippen molar-refractivity contribution < 1.29 is 9.53 Å². The normalized spacial score (nSPS) is 19.9. The molecule has 0 aliphatic carbocycles. The number of aromatic nitrogens is 1. The standard InChI is InChI=1S/C12H16N2O2S/c1-16-8-2-7-14-11(15)9-17-12(14)10-3-5-13-6-4-10/h3-6,12H,2,7-9H2,1H3. The summed E-state index contributed by atoms with van der Waals surface area (Å²) in [6, 6.07) is 3.94. The molecule has 17 heavy (non-hydrogen) atoms. The molecule has 0 saturated carbocycles. The van der Waals surface area contributed by atoms with Crippen molar-refractivity contribution in [1.29, 1.82) is 0 Å². The molecular weight excluding hydrogens is 236 g/mol. The van der Waals surface area contributed by atoms with Crippen LogP contribution >= 0.6 is 11.8 Å². The van der Waals surface area contributed by atoms with E-state index in [-0.39, 0.29) is 11.3 Å². The number of thioether (sulfide) groups is 1. The molecule has 0 spiro atoms. The van der Waals surface area contributed by atoms with Crippen LogP contribution in [0.1, 0.15) is 17.4 Å². The number of hydrogen-bond acceptors (Lipinski definition) is 4. The van der Waals surface area contributed by atoms with Crippen LogP contribution in [0.5, 0.6) is 0 Å². The molecular formula is C12H16N2O2S. The summed E-state index contributed by atoms with van der Waals surface area (Å²) in [5.41, 5.74) is 1.15. The number of ether oxygens (including phenoxy) is 1. The number of nitrogens with zero attached hydrogens (tertiary/aromatic N) is 2. The van der Waals surface area contributed by atoms with Gasteiger partial charge in [0.1, 0.15) is 5.37 Å². The van der Waals surface area contributed by atoms with E-state index in [1.54, 1.807) is 31.3 Å². The Morgan fingerprint density at radius 3 is 3.00 bits per heavy atom. The van der Waals surface area contributed by atoms with E-state index in [0.29, 0.717) is 12.4 Å². The third kappa shape index (κ3) is 2.98. The van der Waals surface area contributed by atoms with E-state index >= 15 is 0 Å². The molecule has 1 aliphatic heterocycles. The predicted molar refractivity (Wildman–Crippen MR) is 67.6 cm³/mol. The molecule has 2 rings (SSSR count). The second kappa shape index (κ2) is 6.02. The lowest BCUT2D eigenvalue weighted by molar-refractivity contribution is -0.128. The highest BCUT2D eigenvalue weighted by Gasteiger charge is 2.31. The van der Waals surface area contributed by atoms with Crippen LogP contribution in [0.3, 0.4) is 0 Å². The van der Waals surface area contributed by atoms with Crippen LogP contribution in [-0.2, 0) is 9.53 Å². The minimum absolute atomic E-state index is 0.141. The van der Waals surface area contributed by atoms with E-state index in [0.717, 1.165) is 18.5 Å². The van der Waals surface area contributed by atoms with Gasteiger partial charge in [0.15, 0.2) is 0 Å². The molecule has 1 amide bonds. The van der Waals surface area contributed by atoms with Crippen LogP contribution in [0.25, 0.3) is 0 Å². The molecule has 1 aliphatic rings. The SMILES string of the molecule is COCCCN1C(=O)CSC1c1ccncc1. The first-order valence-electron chi connectivity index (χ1n) is 5.63. The molecule has 1 atom stereocenters. The first kappa shape index (κ1) is 12.4. The average molecular weight is 252 g/mol. The molecule has 1 fully saturated rings. The largest absolute Gasteiger partial charge is 0.385 e. The number of methoxy groups -OCH3 is 1. The molecule has 5 heteroatoms. The highest BCUT2D eigenvalue weighted by molar-refractivity contribution is 8.00. The van der Waals surface area contributed by atoms with Crippen molar-refractivity contribution in [3.63, 3.8) is 0 Å². The van der Waals surface area contributed by atoms with Gasteiger partial charge in [-0.3, -0.25) is 9.78 Å². The Hall–Kier alpha value is -1.07. The fourth-order valence-corrected chi connectivity index (χ4v) is 3.10. The van der Waals surface area contributed by atoms with Crippen molar-refractivity contribution >= 4 is 17.7 Å². The summed E-state index contributed by atoms with van der Waals surface area (Å²) in [7, 11) is 1.68. The number of pyridine rings is 1. The first-order valence-corrected chi connectivity index (χ1v) is 6.67. The Morgan fingerprint density at radius 1 is 1.53 bits per heavy atom. The summed E-state index contributed by atoms with van der Waals surface area (Å²) >= 11 is 1.68. The summed E-state index contributed by atoms with van der Waals surface area (Å²) in [5, 5.41) is 0.141. The van der Waals surface area contributed by atoms with Crippen LogP contribution in [0.2, 0.25) is 0 Å².